The summed E-state index contributed by atoms with van der Waals surface area (Å²) in [5, 5.41) is 7.40. The van der Waals surface area contributed by atoms with Crippen LogP contribution in [0.25, 0.3) is 0 Å². The lowest BCUT2D eigenvalue weighted by atomic mass is 9.91. The lowest BCUT2D eigenvalue weighted by molar-refractivity contribution is 0.0759. The van der Waals surface area contributed by atoms with Gasteiger partial charge in [0.15, 0.2) is 0 Å². The number of benzene rings is 1. The van der Waals surface area contributed by atoms with E-state index in [0.717, 1.165) is 69.7 Å². The topological polar surface area (TPSA) is 52.2 Å². The highest BCUT2D eigenvalue weighted by atomic mass is 16.2. The maximum Gasteiger partial charge on any atom is 0.257 e. The minimum atomic E-state index is 0.173. The van der Waals surface area contributed by atoms with Crippen LogP contribution < -0.4 is 0 Å². The summed E-state index contributed by atoms with van der Waals surface area (Å²) in [5.41, 5.74) is 3.23. The molecule has 3 heterocycles. The maximum atomic E-state index is 13.0. The van der Waals surface area contributed by atoms with E-state index in [1.54, 1.807) is 6.20 Å². The second-order valence-corrected chi connectivity index (χ2v) is 7.94. The summed E-state index contributed by atoms with van der Waals surface area (Å²) in [7, 11) is 0. The summed E-state index contributed by atoms with van der Waals surface area (Å²) in [6.45, 7) is 4.92. The Kier molecular flexibility index (Phi) is 5.87. The molecule has 0 spiro atoms. The molecule has 5 heteroatoms. The van der Waals surface area contributed by atoms with Gasteiger partial charge in [0, 0.05) is 25.6 Å². The number of carbonyl (C=O) groups is 1. The number of rotatable bonds is 4. The molecule has 2 aromatic rings. The Bertz CT molecular complexity index is 726. The molecule has 1 N–H and O–H groups in total. The smallest absolute Gasteiger partial charge is 0.257 e. The summed E-state index contributed by atoms with van der Waals surface area (Å²) in [6.07, 6.45) is 8.63. The molecule has 0 unspecified atom stereocenters. The molecule has 0 atom stereocenters. The number of aromatic amines is 1. The van der Waals surface area contributed by atoms with Crippen LogP contribution in [0, 0.1) is 0 Å². The second kappa shape index (κ2) is 8.70. The largest absolute Gasteiger partial charge is 0.339 e. The van der Waals surface area contributed by atoms with Crippen LogP contribution in [0.3, 0.4) is 0 Å². The number of H-pyrrole nitrogens is 1. The third kappa shape index (κ3) is 4.41. The van der Waals surface area contributed by atoms with Crippen molar-refractivity contribution in [2.24, 2.45) is 0 Å². The van der Waals surface area contributed by atoms with E-state index >= 15 is 0 Å². The molecule has 1 amide bonds. The Labute approximate surface area is 161 Å². The SMILES string of the molecule is O=C(c1cn[nH]c1C1CCN(Cc2ccccc2)CC1)N1CCCCCC1. The van der Waals surface area contributed by atoms with Crippen LogP contribution in [0.5, 0.6) is 0 Å². The molecule has 2 saturated heterocycles. The molecule has 2 fully saturated rings. The Balaban J connectivity index is 1.38. The van der Waals surface area contributed by atoms with Crippen molar-refractivity contribution in [3.05, 3.63) is 53.3 Å². The van der Waals surface area contributed by atoms with E-state index in [0.29, 0.717) is 5.92 Å². The zero-order valence-electron chi connectivity index (χ0n) is 16.1. The average Bonchev–Trinajstić information content (AvgIpc) is 3.03. The van der Waals surface area contributed by atoms with Crippen LogP contribution >= 0.6 is 0 Å². The first-order chi connectivity index (χ1) is 13.3. The summed E-state index contributed by atoms with van der Waals surface area (Å²) >= 11 is 0. The number of nitrogens with zero attached hydrogens (tertiary/aromatic N) is 3. The van der Waals surface area contributed by atoms with Crippen LogP contribution in [-0.4, -0.2) is 52.1 Å². The van der Waals surface area contributed by atoms with Gasteiger partial charge < -0.3 is 4.90 Å². The van der Waals surface area contributed by atoms with Gasteiger partial charge in [0.05, 0.1) is 17.5 Å². The van der Waals surface area contributed by atoms with Gasteiger partial charge in [-0.1, -0.05) is 43.2 Å². The van der Waals surface area contributed by atoms with Crippen molar-refractivity contribution in [1.29, 1.82) is 0 Å². The number of aromatic nitrogens is 2. The normalized spacial score (nSPS) is 19.8. The lowest BCUT2D eigenvalue weighted by Gasteiger charge is -2.32. The number of carbonyl (C=O) groups excluding carboxylic acids is 1. The summed E-state index contributed by atoms with van der Waals surface area (Å²) < 4.78 is 0. The number of likely N-dealkylation sites (tertiary alicyclic amines) is 2. The predicted octanol–water partition coefficient (Wildman–Crippen LogP) is 3.81. The van der Waals surface area contributed by atoms with Crippen LogP contribution in [0.4, 0.5) is 0 Å². The second-order valence-electron chi connectivity index (χ2n) is 7.94. The molecular formula is C22H30N4O. The number of amides is 1. The summed E-state index contributed by atoms with van der Waals surface area (Å²) in [4.78, 5) is 17.6. The molecule has 4 rings (SSSR count). The molecule has 2 aliphatic heterocycles. The van der Waals surface area contributed by atoms with E-state index < -0.39 is 0 Å². The van der Waals surface area contributed by atoms with Crippen molar-refractivity contribution in [2.45, 2.75) is 51.0 Å². The van der Waals surface area contributed by atoms with Crippen LogP contribution in [-0.2, 0) is 6.54 Å². The number of nitrogens with one attached hydrogen (secondary N) is 1. The minimum absolute atomic E-state index is 0.173. The van der Waals surface area contributed by atoms with E-state index in [4.69, 9.17) is 0 Å². The van der Waals surface area contributed by atoms with E-state index in [1.807, 2.05) is 4.90 Å². The van der Waals surface area contributed by atoms with Crippen molar-refractivity contribution >= 4 is 5.91 Å². The standard InChI is InChI=1S/C22H30N4O/c27-22(26-12-6-1-2-7-13-26)20-16-23-24-21(20)19-10-14-25(15-11-19)17-18-8-4-3-5-9-18/h3-5,8-9,16,19H,1-2,6-7,10-15,17H2,(H,23,24). The zero-order chi connectivity index (χ0) is 18.5. The Morgan fingerprint density at radius 3 is 2.41 bits per heavy atom. The predicted molar refractivity (Wildman–Crippen MR) is 107 cm³/mol. The van der Waals surface area contributed by atoms with E-state index in [-0.39, 0.29) is 5.91 Å². The highest BCUT2D eigenvalue weighted by molar-refractivity contribution is 5.95. The third-order valence-corrected chi connectivity index (χ3v) is 6.04. The summed E-state index contributed by atoms with van der Waals surface area (Å²) in [6, 6.07) is 10.7. The van der Waals surface area contributed by atoms with Crippen molar-refractivity contribution in [2.75, 3.05) is 26.2 Å². The molecule has 1 aromatic heterocycles. The molecule has 2 aliphatic rings. The van der Waals surface area contributed by atoms with Gasteiger partial charge in [0.2, 0.25) is 0 Å². The van der Waals surface area contributed by atoms with Gasteiger partial charge >= 0.3 is 0 Å². The van der Waals surface area contributed by atoms with Crippen LogP contribution in [0.1, 0.15) is 66.1 Å². The monoisotopic (exact) mass is 366 g/mol. The minimum Gasteiger partial charge on any atom is -0.339 e. The van der Waals surface area contributed by atoms with E-state index in [2.05, 4.69) is 45.4 Å². The highest BCUT2D eigenvalue weighted by Crippen LogP contribution is 2.30. The van der Waals surface area contributed by atoms with Crippen molar-refractivity contribution < 1.29 is 4.79 Å². The molecule has 5 nitrogen and oxygen atoms in total. The lowest BCUT2D eigenvalue weighted by Crippen LogP contribution is -2.35. The van der Waals surface area contributed by atoms with Crippen LogP contribution in [0.2, 0.25) is 0 Å². The fourth-order valence-electron chi connectivity index (χ4n) is 4.44. The highest BCUT2D eigenvalue weighted by Gasteiger charge is 2.28. The first-order valence-corrected chi connectivity index (χ1v) is 10.4. The average molecular weight is 367 g/mol. The molecule has 1 aromatic carbocycles. The molecule has 144 valence electrons. The van der Waals surface area contributed by atoms with Gasteiger partial charge in [0.25, 0.3) is 5.91 Å². The fourth-order valence-corrected chi connectivity index (χ4v) is 4.44. The summed E-state index contributed by atoms with van der Waals surface area (Å²) in [5.74, 6) is 0.581. The third-order valence-electron chi connectivity index (χ3n) is 6.04. The first-order valence-electron chi connectivity index (χ1n) is 10.4. The zero-order valence-corrected chi connectivity index (χ0v) is 16.1. The van der Waals surface area contributed by atoms with Crippen molar-refractivity contribution in [3.63, 3.8) is 0 Å². The number of hydrogen-bond donors (Lipinski definition) is 1. The van der Waals surface area contributed by atoms with Gasteiger partial charge in [-0.25, -0.2) is 0 Å². The maximum absolute atomic E-state index is 13.0. The number of piperidine rings is 1. The molecule has 0 bridgehead atoms. The van der Waals surface area contributed by atoms with Crippen molar-refractivity contribution in [1.82, 2.24) is 20.0 Å². The first kappa shape index (κ1) is 18.2. The molecule has 27 heavy (non-hydrogen) atoms. The van der Waals surface area contributed by atoms with Gasteiger partial charge in [-0.05, 0) is 44.3 Å². The van der Waals surface area contributed by atoms with Gasteiger partial charge in [-0.2, -0.15) is 5.10 Å². The van der Waals surface area contributed by atoms with Crippen molar-refractivity contribution in [3.8, 4) is 0 Å². The molecule has 0 radical (unpaired) electrons. The Morgan fingerprint density at radius 2 is 1.70 bits per heavy atom. The fraction of sp³-hybridized carbons (Fsp3) is 0.545. The quantitative estimate of drug-likeness (QED) is 0.895. The van der Waals surface area contributed by atoms with Gasteiger partial charge in [0.1, 0.15) is 0 Å². The van der Waals surface area contributed by atoms with Gasteiger partial charge in [-0.15, -0.1) is 0 Å². The van der Waals surface area contributed by atoms with Gasteiger partial charge in [-0.3, -0.25) is 14.8 Å². The van der Waals surface area contributed by atoms with Crippen LogP contribution in [0.15, 0.2) is 36.5 Å². The molecular weight excluding hydrogens is 336 g/mol. The molecule has 0 saturated carbocycles. The Hall–Kier alpha value is -2.14. The van der Waals surface area contributed by atoms with E-state index in [1.165, 1.54) is 18.4 Å². The van der Waals surface area contributed by atoms with E-state index in [9.17, 15) is 4.79 Å². The Morgan fingerprint density at radius 1 is 1.00 bits per heavy atom. The molecule has 0 aliphatic carbocycles. The number of hydrogen-bond acceptors (Lipinski definition) is 3.